The van der Waals surface area contributed by atoms with Crippen LogP contribution in [0, 0.1) is 0 Å². The van der Waals surface area contributed by atoms with E-state index in [1.165, 1.54) is 18.3 Å². The van der Waals surface area contributed by atoms with Gasteiger partial charge < -0.3 is 5.43 Å². The summed E-state index contributed by atoms with van der Waals surface area (Å²) < 4.78 is 28.3. The van der Waals surface area contributed by atoms with Gasteiger partial charge in [-0.15, -0.1) is 5.10 Å². The highest BCUT2D eigenvalue weighted by Crippen LogP contribution is 2.16. The van der Waals surface area contributed by atoms with Gasteiger partial charge in [-0.3, -0.25) is 4.68 Å². The van der Waals surface area contributed by atoms with Gasteiger partial charge in [-0.1, -0.05) is 5.21 Å². The molecule has 4 N–H and O–H groups in total. The van der Waals surface area contributed by atoms with Gasteiger partial charge in [0.15, 0.2) is 5.82 Å². The minimum atomic E-state index is -3.64. The van der Waals surface area contributed by atoms with Crippen molar-refractivity contribution in [1.29, 1.82) is 0 Å². The van der Waals surface area contributed by atoms with Crippen molar-refractivity contribution in [2.75, 3.05) is 12.0 Å². The lowest BCUT2D eigenvalue weighted by Crippen LogP contribution is -2.27. The summed E-state index contributed by atoms with van der Waals surface area (Å²) >= 11 is 0. The first-order valence-electron chi connectivity index (χ1n) is 5.89. The molecular formula is C10H15N7O2S. The van der Waals surface area contributed by atoms with Crippen molar-refractivity contribution >= 4 is 15.8 Å². The fourth-order valence-corrected chi connectivity index (χ4v) is 2.79. The molecule has 0 spiro atoms. The number of nitrogen functional groups attached to an aromatic ring is 1. The Balaban J connectivity index is 1.94. The van der Waals surface area contributed by atoms with Crippen molar-refractivity contribution in [2.24, 2.45) is 5.84 Å². The molecule has 0 aliphatic heterocycles. The van der Waals surface area contributed by atoms with Crippen molar-refractivity contribution in [1.82, 2.24) is 24.7 Å². The number of hydrazine groups is 1. The number of nitrogens with one attached hydrogen (secondary N) is 2. The van der Waals surface area contributed by atoms with E-state index < -0.39 is 10.0 Å². The molecule has 0 aliphatic rings. The summed E-state index contributed by atoms with van der Waals surface area (Å²) in [6.45, 7) is 0.860. The lowest BCUT2D eigenvalue weighted by Gasteiger charge is -2.09. The van der Waals surface area contributed by atoms with Crippen LogP contribution in [0.2, 0.25) is 0 Å². The number of nitrogens with two attached hydrogens (primary N) is 1. The Morgan fingerprint density at radius 3 is 2.90 bits per heavy atom. The minimum absolute atomic E-state index is 0.0169. The third kappa shape index (κ3) is 3.50. The highest BCUT2D eigenvalue weighted by molar-refractivity contribution is 7.89. The summed E-state index contributed by atoms with van der Waals surface area (Å²) in [5, 5.41) is 7.45. The summed E-state index contributed by atoms with van der Waals surface area (Å²) in [4.78, 5) is 3.87. The molecule has 0 amide bonds. The molecule has 0 atom stereocenters. The fraction of sp³-hybridized carbons (Fsp3) is 0.300. The Bertz CT molecular complexity index is 641. The molecule has 2 heterocycles. The summed E-state index contributed by atoms with van der Waals surface area (Å²) in [5.41, 5.74) is 2.26. The van der Waals surface area contributed by atoms with E-state index in [2.05, 4.69) is 25.4 Å². The second kappa shape index (κ2) is 6.41. The maximum absolute atomic E-state index is 12.1. The summed E-state index contributed by atoms with van der Waals surface area (Å²) in [6.07, 6.45) is 5.33. The van der Waals surface area contributed by atoms with Gasteiger partial charge in [0.1, 0.15) is 4.90 Å². The topological polar surface area (TPSA) is 128 Å². The van der Waals surface area contributed by atoms with E-state index in [-0.39, 0.29) is 17.3 Å². The van der Waals surface area contributed by atoms with E-state index in [4.69, 9.17) is 5.84 Å². The van der Waals surface area contributed by atoms with Crippen molar-refractivity contribution in [2.45, 2.75) is 17.9 Å². The van der Waals surface area contributed by atoms with Crippen molar-refractivity contribution < 1.29 is 8.42 Å². The number of hydrogen-bond donors (Lipinski definition) is 3. The van der Waals surface area contributed by atoms with Crippen LogP contribution in [0.25, 0.3) is 0 Å². The molecule has 0 saturated heterocycles. The number of anilines is 1. The zero-order valence-corrected chi connectivity index (χ0v) is 11.4. The van der Waals surface area contributed by atoms with Gasteiger partial charge in [0.05, 0.1) is 6.20 Å². The van der Waals surface area contributed by atoms with Gasteiger partial charge in [-0.05, 0) is 18.6 Å². The molecule has 0 aromatic carbocycles. The number of aryl methyl sites for hydroxylation is 1. The Hall–Kier alpha value is -2.04. The van der Waals surface area contributed by atoms with Crippen LogP contribution in [0.4, 0.5) is 5.82 Å². The van der Waals surface area contributed by atoms with Crippen molar-refractivity contribution in [3.63, 3.8) is 0 Å². The molecular weight excluding hydrogens is 282 g/mol. The molecule has 2 aromatic rings. The van der Waals surface area contributed by atoms with E-state index in [1.807, 2.05) is 0 Å². The maximum Gasteiger partial charge on any atom is 0.244 e. The largest absolute Gasteiger partial charge is 0.307 e. The Kier molecular flexibility index (Phi) is 4.61. The predicted octanol–water partition coefficient (Wildman–Crippen LogP) is -0.673. The SMILES string of the molecule is NNc1ncccc1S(=O)(=O)NCCCn1ccnn1. The quantitative estimate of drug-likeness (QED) is 0.351. The first-order chi connectivity index (χ1) is 9.63. The average Bonchev–Trinajstić information content (AvgIpc) is 2.97. The lowest BCUT2D eigenvalue weighted by atomic mass is 10.4. The van der Waals surface area contributed by atoms with Crippen LogP contribution in [0.15, 0.2) is 35.6 Å². The third-order valence-corrected chi connectivity index (χ3v) is 4.02. The van der Waals surface area contributed by atoms with Crippen LogP contribution in [-0.2, 0) is 16.6 Å². The fourth-order valence-electron chi connectivity index (χ4n) is 1.59. The van der Waals surface area contributed by atoms with Gasteiger partial charge in [0, 0.05) is 25.5 Å². The van der Waals surface area contributed by atoms with Crippen LogP contribution in [0.1, 0.15) is 6.42 Å². The first kappa shape index (κ1) is 14.4. The third-order valence-electron chi connectivity index (χ3n) is 2.52. The Labute approximate surface area is 116 Å². The minimum Gasteiger partial charge on any atom is -0.307 e. The zero-order valence-electron chi connectivity index (χ0n) is 10.6. The number of rotatable bonds is 7. The molecule has 0 radical (unpaired) electrons. The zero-order chi connectivity index (χ0) is 14.4. The number of aromatic nitrogens is 4. The molecule has 2 rings (SSSR count). The monoisotopic (exact) mass is 297 g/mol. The molecule has 0 saturated carbocycles. The summed E-state index contributed by atoms with van der Waals surface area (Å²) in [5.74, 6) is 5.35. The van der Waals surface area contributed by atoms with E-state index in [0.29, 0.717) is 13.0 Å². The van der Waals surface area contributed by atoms with Crippen LogP contribution in [0.3, 0.4) is 0 Å². The molecule has 0 aliphatic carbocycles. The summed E-state index contributed by atoms with van der Waals surface area (Å²) in [7, 11) is -3.64. The number of sulfonamides is 1. The first-order valence-corrected chi connectivity index (χ1v) is 7.37. The Morgan fingerprint density at radius 2 is 2.20 bits per heavy atom. The van der Waals surface area contributed by atoms with Gasteiger partial charge in [-0.25, -0.2) is 24.0 Å². The molecule has 0 unspecified atom stereocenters. The van der Waals surface area contributed by atoms with Crippen LogP contribution in [0.5, 0.6) is 0 Å². The van der Waals surface area contributed by atoms with Crippen LogP contribution >= 0.6 is 0 Å². The molecule has 0 fully saturated rings. The second-order valence-electron chi connectivity index (χ2n) is 3.91. The number of pyridine rings is 1. The number of hydrogen-bond acceptors (Lipinski definition) is 7. The van der Waals surface area contributed by atoms with Crippen molar-refractivity contribution in [3.05, 3.63) is 30.7 Å². The van der Waals surface area contributed by atoms with Gasteiger partial charge in [0.2, 0.25) is 10.0 Å². The molecule has 2 aromatic heterocycles. The van der Waals surface area contributed by atoms with Crippen LogP contribution in [-0.4, -0.2) is 34.9 Å². The lowest BCUT2D eigenvalue weighted by molar-refractivity contribution is 0.542. The second-order valence-corrected chi connectivity index (χ2v) is 5.65. The smallest absolute Gasteiger partial charge is 0.244 e. The molecule has 0 bridgehead atoms. The average molecular weight is 297 g/mol. The van der Waals surface area contributed by atoms with E-state index in [9.17, 15) is 8.42 Å². The van der Waals surface area contributed by atoms with E-state index in [1.54, 1.807) is 17.1 Å². The molecule has 9 nitrogen and oxygen atoms in total. The van der Waals surface area contributed by atoms with Crippen LogP contribution < -0.4 is 16.0 Å². The van der Waals surface area contributed by atoms with Gasteiger partial charge in [0.25, 0.3) is 0 Å². The highest BCUT2D eigenvalue weighted by atomic mass is 32.2. The summed E-state index contributed by atoms with van der Waals surface area (Å²) in [6, 6.07) is 2.97. The predicted molar refractivity (Wildman–Crippen MR) is 71.9 cm³/mol. The highest BCUT2D eigenvalue weighted by Gasteiger charge is 2.18. The maximum atomic E-state index is 12.1. The van der Waals surface area contributed by atoms with Gasteiger partial charge >= 0.3 is 0 Å². The van der Waals surface area contributed by atoms with Crippen molar-refractivity contribution in [3.8, 4) is 0 Å². The molecule has 20 heavy (non-hydrogen) atoms. The number of nitrogens with zero attached hydrogens (tertiary/aromatic N) is 4. The van der Waals surface area contributed by atoms with Gasteiger partial charge in [-0.2, -0.15) is 0 Å². The molecule has 108 valence electrons. The Morgan fingerprint density at radius 1 is 1.35 bits per heavy atom. The normalized spacial score (nSPS) is 11.4. The van der Waals surface area contributed by atoms with E-state index in [0.717, 1.165) is 0 Å². The standard InChI is InChI=1S/C10H15N7O2S/c11-15-10-9(3-1-4-12-10)20(18,19)14-5-2-7-17-8-6-13-16-17/h1,3-4,6,8,14H,2,5,7,11H2,(H,12,15). The van der Waals surface area contributed by atoms with E-state index >= 15 is 0 Å². The molecule has 10 heteroatoms.